The molecule has 146 valence electrons. The number of benzene rings is 1. The summed E-state index contributed by atoms with van der Waals surface area (Å²) in [5.41, 5.74) is 2.92. The Morgan fingerprint density at radius 2 is 1.93 bits per heavy atom. The summed E-state index contributed by atoms with van der Waals surface area (Å²) in [7, 11) is 0. The third kappa shape index (κ3) is 3.82. The van der Waals surface area contributed by atoms with Crippen molar-refractivity contribution in [1.82, 2.24) is 14.4 Å². The van der Waals surface area contributed by atoms with Crippen molar-refractivity contribution in [1.29, 1.82) is 0 Å². The van der Waals surface area contributed by atoms with Gasteiger partial charge in [-0.15, -0.1) is 0 Å². The minimum atomic E-state index is -4.55. The van der Waals surface area contributed by atoms with Gasteiger partial charge in [0.1, 0.15) is 11.3 Å². The van der Waals surface area contributed by atoms with Gasteiger partial charge in [-0.3, -0.25) is 9.78 Å². The Kier molecular flexibility index (Phi) is 4.54. The average molecular weight is 396 g/mol. The second-order valence-electron chi connectivity index (χ2n) is 6.51. The number of carbonyl (C=O) groups excluding carboxylic acids is 1. The monoisotopic (exact) mass is 396 g/mol. The van der Waals surface area contributed by atoms with Gasteiger partial charge >= 0.3 is 6.18 Å². The molecule has 0 aliphatic heterocycles. The number of hydrogen-bond acceptors (Lipinski definition) is 3. The molecule has 0 radical (unpaired) electrons. The van der Waals surface area contributed by atoms with Gasteiger partial charge in [0.05, 0.1) is 11.3 Å². The number of pyridine rings is 2. The first-order valence-corrected chi connectivity index (χ1v) is 8.70. The van der Waals surface area contributed by atoms with Crippen LogP contribution in [0.4, 0.5) is 18.9 Å². The first kappa shape index (κ1) is 18.7. The van der Waals surface area contributed by atoms with Crippen LogP contribution in [0.15, 0.2) is 67.1 Å². The van der Waals surface area contributed by atoms with E-state index in [4.69, 9.17) is 0 Å². The van der Waals surface area contributed by atoms with Gasteiger partial charge in [0.25, 0.3) is 5.91 Å². The van der Waals surface area contributed by atoms with Crippen LogP contribution in [0.2, 0.25) is 0 Å². The highest BCUT2D eigenvalue weighted by atomic mass is 19.4. The molecule has 5 nitrogen and oxygen atoms in total. The van der Waals surface area contributed by atoms with Crippen LogP contribution in [0.1, 0.15) is 21.6 Å². The number of nitrogens with one attached hydrogen (secondary N) is 1. The van der Waals surface area contributed by atoms with E-state index in [1.807, 2.05) is 41.9 Å². The maximum absolute atomic E-state index is 12.6. The maximum atomic E-state index is 12.6. The second kappa shape index (κ2) is 7.05. The van der Waals surface area contributed by atoms with Crippen LogP contribution >= 0.6 is 0 Å². The van der Waals surface area contributed by atoms with Crippen LogP contribution in [-0.2, 0) is 6.18 Å². The smallest absolute Gasteiger partial charge is 0.322 e. The zero-order chi connectivity index (χ0) is 20.6. The van der Waals surface area contributed by atoms with E-state index in [9.17, 15) is 18.0 Å². The number of fused-ring (bicyclic) bond motifs is 1. The molecule has 0 saturated carbocycles. The van der Waals surface area contributed by atoms with Crippen molar-refractivity contribution in [2.24, 2.45) is 0 Å². The largest absolute Gasteiger partial charge is 0.433 e. The second-order valence-corrected chi connectivity index (χ2v) is 6.51. The standard InChI is InChI=1S/C21H15F3N4O/c1-13-4-3-9-28-12-17(27-19(13)28)14-5-2-6-16(10-14)26-20(29)15-7-8-18(25-11-15)21(22,23)24/h2-12H,1H3,(H,26,29). The van der Waals surface area contributed by atoms with Crippen molar-refractivity contribution >= 4 is 17.2 Å². The number of aryl methyl sites for hydroxylation is 1. The summed E-state index contributed by atoms with van der Waals surface area (Å²) in [6.45, 7) is 1.97. The summed E-state index contributed by atoms with van der Waals surface area (Å²) in [6, 6.07) is 12.9. The number of anilines is 1. The molecular weight excluding hydrogens is 381 g/mol. The summed E-state index contributed by atoms with van der Waals surface area (Å²) in [4.78, 5) is 20.3. The number of carbonyl (C=O) groups is 1. The Bertz CT molecular complexity index is 1200. The number of alkyl halides is 3. The Morgan fingerprint density at radius 3 is 2.62 bits per heavy atom. The number of halogens is 3. The van der Waals surface area contributed by atoms with Crippen molar-refractivity contribution in [3.63, 3.8) is 0 Å². The molecule has 0 aliphatic rings. The molecule has 3 heterocycles. The maximum Gasteiger partial charge on any atom is 0.433 e. The molecular formula is C21H15F3N4O. The van der Waals surface area contributed by atoms with Crippen molar-refractivity contribution in [3.05, 3.63) is 83.9 Å². The summed E-state index contributed by atoms with van der Waals surface area (Å²) in [5, 5.41) is 2.68. The van der Waals surface area contributed by atoms with E-state index in [-0.39, 0.29) is 5.56 Å². The molecule has 0 bridgehead atoms. The van der Waals surface area contributed by atoms with Gasteiger partial charge in [0.15, 0.2) is 0 Å². The predicted molar refractivity (Wildman–Crippen MR) is 103 cm³/mol. The number of aromatic nitrogens is 3. The fourth-order valence-electron chi connectivity index (χ4n) is 2.95. The predicted octanol–water partition coefficient (Wildman–Crippen LogP) is 4.98. The topological polar surface area (TPSA) is 59.3 Å². The van der Waals surface area contributed by atoms with E-state index in [2.05, 4.69) is 15.3 Å². The zero-order valence-corrected chi connectivity index (χ0v) is 15.2. The SMILES string of the molecule is Cc1cccn2cc(-c3cccc(NC(=O)c4ccc(C(F)(F)F)nc4)c3)nc12. The molecule has 1 N–H and O–H groups in total. The molecule has 4 rings (SSSR count). The number of nitrogens with zero attached hydrogens (tertiary/aromatic N) is 3. The van der Waals surface area contributed by atoms with Gasteiger partial charge in [-0.05, 0) is 42.8 Å². The Hall–Kier alpha value is -3.68. The number of hydrogen-bond donors (Lipinski definition) is 1. The van der Waals surface area contributed by atoms with Crippen molar-refractivity contribution in [2.75, 3.05) is 5.32 Å². The first-order valence-electron chi connectivity index (χ1n) is 8.70. The molecule has 8 heteroatoms. The highest BCUT2D eigenvalue weighted by Crippen LogP contribution is 2.27. The van der Waals surface area contributed by atoms with Crippen LogP contribution in [-0.4, -0.2) is 20.3 Å². The number of imidazole rings is 1. The van der Waals surface area contributed by atoms with E-state index in [1.54, 1.807) is 18.2 Å². The third-order valence-corrected chi connectivity index (χ3v) is 4.41. The Balaban J connectivity index is 1.57. The molecule has 0 aliphatic carbocycles. The van der Waals surface area contributed by atoms with Gasteiger partial charge in [0.2, 0.25) is 0 Å². The summed E-state index contributed by atoms with van der Waals surface area (Å²) in [6.07, 6.45) is 0.161. The highest BCUT2D eigenvalue weighted by molar-refractivity contribution is 6.04. The molecule has 1 amide bonds. The molecule has 0 atom stereocenters. The minimum Gasteiger partial charge on any atom is -0.322 e. The van der Waals surface area contributed by atoms with Crippen LogP contribution in [0.25, 0.3) is 16.9 Å². The van der Waals surface area contributed by atoms with Crippen LogP contribution < -0.4 is 5.32 Å². The van der Waals surface area contributed by atoms with Gasteiger partial charge in [-0.1, -0.05) is 18.2 Å². The van der Waals surface area contributed by atoms with E-state index >= 15 is 0 Å². The van der Waals surface area contributed by atoms with Gasteiger partial charge < -0.3 is 9.72 Å². The van der Waals surface area contributed by atoms with Crippen molar-refractivity contribution < 1.29 is 18.0 Å². The van der Waals surface area contributed by atoms with Crippen molar-refractivity contribution in [3.8, 4) is 11.3 Å². The normalized spacial score (nSPS) is 11.6. The molecule has 0 saturated heterocycles. The summed E-state index contributed by atoms with van der Waals surface area (Å²) >= 11 is 0. The van der Waals surface area contributed by atoms with Crippen LogP contribution in [0.3, 0.4) is 0 Å². The Morgan fingerprint density at radius 1 is 1.10 bits per heavy atom. The molecule has 0 spiro atoms. The highest BCUT2D eigenvalue weighted by Gasteiger charge is 2.32. The van der Waals surface area contributed by atoms with Crippen molar-refractivity contribution in [2.45, 2.75) is 13.1 Å². The lowest BCUT2D eigenvalue weighted by Crippen LogP contribution is -2.14. The van der Waals surface area contributed by atoms with E-state index in [0.29, 0.717) is 5.69 Å². The zero-order valence-electron chi connectivity index (χ0n) is 15.2. The lowest BCUT2D eigenvalue weighted by molar-refractivity contribution is -0.141. The van der Waals surface area contributed by atoms with Gasteiger partial charge in [-0.25, -0.2) is 4.98 Å². The third-order valence-electron chi connectivity index (χ3n) is 4.41. The average Bonchev–Trinajstić information content (AvgIpc) is 3.13. The van der Waals surface area contributed by atoms with Gasteiger partial charge in [0, 0.05) is 29.8 Å². The lowest BCUT2D eigenvalue weighted by atomic mass is 10.1. The number of rotatable bonds is 3. The van der Waals surface area contributed by atoms with E-state index in [0.717, 1.165) is 40.8 Å². The fourth-order valence-corrected chi connectivity index (χ4v) is 2.95. The number of amides is 1. The molecule has 3 aromatic heterocycles. The molecule has 29 heavy (non-hydrogen) atoms. The molecule has 4 aromatic rings. The van der Waals surface area contributed by atoms with Crippen LogP contribution in [0.5, 0.6) is 0 Å². The Labute approximate surface area is 163 Å². The fraction of sp³-hybridized carbons (Fsp3) is 0.0952. The van der Waals surface area contributed by atoms with E-state index < -0.39 is 17.8 Å². The molecule has 0 fully saturated rings. The quantitative estimate of drug-likeness (QED) is 0.532. The lowest BCUT2D eigenvalue weighted by Gasteiger charge is -2.08. The molecule has 0 unspecified atom stereocenters. The first-order chi connectivity index (χ1) is 13.8. The summed E-state index contributed by atoms with van der Waals surface area (Å²) in [5.74, 6) is -0.547. The van der Waals surface area contributed by atoms with E-state index in [1.165, 1.54) is 0 Å². The van der Waals surface area contributed by atoms with Gasteiger partial charge in [-0.2, -0.15) is 13.2 Å². The van der Waals surface area contributed by atoms with Crippen LogP contribution in [0, 0.1) is 6.92 Å². The summed E-state index contributed by atoms with van der Waals surface area (Å²) < 4.78 is 39.7. The molecule has 1 aromatic carbocycles. The minimum absolute atomic E-state index is 0.0340.